The van der Waals surface area contributed by atoms with Crippen molar-refractivity contribution in [2.24, 2.45) is 5.92 Å². The second-order valence-corrected chi connectivity index (χ2v) is 5.00. The van der Waals surface area contributed by atoms with E-state index < -0.39 is 0 Å². The smallest absolute Gasteiger partial charge is 0.0615 e. The zero-order valence-electron chi connectivity index (χ0n) is 11.5. The van der Waals surface area contributed by atoms with Gasteiger partial charge in [-0.1, -0.05) is 26.2 Å². The van der Waals surface area contributed by atoms with Gasteiger partial charge in [0.05, 0.1) is 12.7 Å². The largest absolute Gasteiger partial charge is 0.383 e. The third kappa shape index (κ3) is 6.39. The number of hydrogen-bond donors (Lipinski definition) is 1. The number of methoxy groups -OCH3 is 1. The summed E-state index contributed by atoms with van der Waals surface area (Å²) in [6.45, 7) is 6.06. The third-order valence-corrected chi connectivity index (χ3v) is 3.56. The van der Waals surface area contributed by atoms with Crippen LogP contribution in [0.1, 0.15) is 45.4 Å². The maximum atomic E-state index is 5.92. The van der Waals surface area contributed by atoms with Crippen LogP contribution in [-0.4, -0.2) is 39.5 Å². The van der Waals surface area contributed by atoms with Crippen LogP contribution in [0.15, 0.2) is 0 Å². The minimum absolute atomic E-state index is 0.491. The lowest BCUT2D eigenvalue weighted by Gasteiger charge is -2.32. The summed E-state index contributed by atoms with van der Waals surface area (Å²) in [5.74, 6) is 0.706. The Morgan fingerprint density at radius 2 is 2.24 bits per heavy atom. The molecule has 0 saturated carbocycles. The van der Waals surface area contributed by atoms with Gasteiger partial charge in [0.15, 0.2) is 0 Å². The van der Waals surface area contributed by atoms with Crippen LogP contribution in [0.25, 0.3) is 0 Å². The molecule has 0 spiro atoms. The van der Waals surface area contributed by atoms with Crippen molar-refractivity contribution in [2.75, 3.05) is 33.4 Å². The van der Waals surface area contributed by atoms with E-state index in [9.17, 15) is 0 Å². The Hall–Kier alpha value is -0.120. The first-order valence-corrected chi connectivity index (χ1v) is 7.19. The zero-order valence-corrected chi connectivity index (χ0v) is 11.5. The molecule has 1 aliphatic rings. The van der Waals surface area contributed by atoms with Crippen molar-refractivity contribution < 1.29 is 9.47 Å². The Balaban J connectivity index is 2.17. The van der Waals surface area contributed by atoms with Crippen molar-refractivity contribution in [3.05, 3.63) is 0 Å². The lowest BCUT2D eigenvalue weighted by Crippen LogP contribution is -2.37. The Morgan fingerprint density at radius 3 is 3.00 bits per heavy atom. The van der Waals surface area contributed by atoms with Gasteiger partial charge in [0.1, 0.15) is 0 Å². The highest BCUT2D eigenvalue weighted by Gasteiger charge is 2.24. The monoisotopic (exact) mass is 243 g/mol. The molecule has 17 heavy (non-hydrogen) atoms. The van der Waals surface area contributed by atoms with Gasteiger partial charge in [-0.3, -0.25) is 0 Å². The van der Waals surface area contributed by atoms with Gasteiger partial charge in [-0.25, -0.2) is 0 Å². The lowest BCUT2D eigenvalue weighted by molar-refractivity contribution is -0.0315. The molecule has 0 aromatic carbocycles. The zero-order chi connectivity index (χ0) is 12.3. The second-order valence-electron chi connectivity index (χ2n) is 5.00. The standard InChI is InChI=1S/C14H29NO2/c1-3-4-5-8-14-13(7-6-10-17-14)12-15-9-11-16-2/h13-15H,3-12H2,1-2H3. The van der Waals surface area contributed by atoms with Crippen molar-refractivity contribution in [1.82, 2.24) is 5.32 Å². The number of rotatable bonds is 9. The summed E-state index contributed by atoms with van der Waals surface area (Å²) in [4.78, 5) is 0. The minimum atomic E-state index is 0.491. The average Bonchev–Trinajstić information content (AvgIpc) is 2.36. The molecule has 0 radical (unpaired) electrons. The maximum Gasteiger partial charge on any atom is 0.0615 e. The molecule has 3 nitrogen and oxygen atoms in total. The summed E-state index contributed by atoms with van der Waals surface area (Å²) < 4.78 is 11.0. The van der Waals surface area contributed by atoms with Gasteiger partial charge in [-0.15, -0.1) is 0 Å². The Bertz CT molecular complexity index is 176. The van der Waals surface area contributed by atoms with Crippen LogP contribution in [0.4, 0.5) is 0 Å². The highest BCUT2D eigenvalue weighted by molar-refractivity contribution is 4.76. The molecule has 1 aliphatic heterocycles. The summed E-state index contributed by atoms with van der Waals surface area (Å²) in [5, 5.41) is 3.47. The number of nitrogens with one attached hydrogen (secondary N) is 1. The number of ether oxygens (including phenoxy) is 2. The molecular weight excluding hydrogens is 214 g/mol. The van der Waals surface area contributed by atoms with Crippen LogP contribution in [0, 0.1) is 5.92 Å². The van der Waals surface area contributed by atoms with Crippen molar-refractivity contribution in [3.63, 3.8) is 0 Å². The quantitative estimate of drug-likeness (QED) is 0.631. The van der Waals surface area contributed by atoms with Gasteiger partial charge in [0.25, 0.3) is 0 Å². The van der Waals surface area contributed by atoms with Crippen LogP contribution in [0.2, 0.25) is 0 Å². The molecule has 1 heterocycles. The third-order valence-electron chi connectivity index (χ3n) is 3.56. The van der Waals surface area contributed by atoms with Crippen molar-refractivity contribution >= 4 is 0 Å². The van der Waals surface area contributed by atoms with Crippen LogP contribution < -0.4 is 5.32 Å². The van der Waals surface area contributed by atoms with E-state index in [4.69, 9.17) is 9.47 Å². The maximum absolute atomic E-state index is 5.92. The highest BCUT2D eigenvalue weighted by Crippen LogP contribution is 2.24. The number of hydrogen-bond acceptors (Lipinski definition) is 3. The van der Waals surface area contributed by atoms with E-state index in [-0.39, 0.29) is 0 Å². The summed E-state index contributed by atoms with van der Waals surface area (Å²) in [5.41, 5.74) is 0. The average molecular weight is 243 g/mol. The van der Waals surface area contributed by atoms with E-state index in [0.717, 1.165) is 26.3 Å². The van der Waals surface area contributed by atoms with Gasteiger partial charge in [-0.2, -0.15) is 0 Å². The van der Waals surface area contributed by atoms with E-state index >= 15 is 0 Å². The summed E-state index contributed by atoms with van der Waals surface area (Å²) in [6.07, 6.45) is 8.22. The highest BCUT2D eigenvalue weighted by atomic mass is 16.5. The Labute approximate surface area is 106 Å². The second kappa shape index (κ2) is 9.86. The van der Waals surface area contributed by atoms with Gasteiger partial charge >= 0.3 is 0 Å². The van der Waals surface area contributed by atoms with Gasteiger partial charge in [0.2, 0.25) is 0 Å². The molecule has 2 atom stereocenters. The van der Waals surface area contributed by atoms with Crippen LogP contribution in [-0.2, 0) is 9.47 Å². The fraction of sp³-hybridized carbons (Fsp3) is 1.00. The molecule has 102 valence electrons. The predicted molar refractivity (Wildman–Crippen MR) is 71.4 cm³/mol. The van der Waals surface area contributed by atoms with E-state index in [1.165, 1.54) is 38.5 Å². The summed E-state index contributed by atoms with van der Waals surface area (Å²) in [7, 11) is 1.75. The van der Waals surface area contributed by atoms with Crippen molar-refractivity contribution in [3.8, 4) is 0 Å². The fourth-order valence-corrected chi connectivity index (χ4v) is 2.51. The molecule has 1 saturated heterocycles. The molecule has 2 unspecified atom stereocenters. The molecule has 0 aliphatic carbocycles. The molecular formula is C14H29NO2. The van der Waals surface area contributed by atoms with E-state index in [1.807, 2.05) is 0 Å². The van der Waals surface area contributed by atoms with Crippen molar-refractivity contribution in [2.45, 2.75) is 51.6 Å². The molecule has 0 amide bonds. The Morgan fingerprint density at radius 1 is 1.35 bits per heavy atom. The summed E-state index contributed by atoms with van der Waals surface area (Å²) in [6, 6.07) is 0. The van der Waals surface area contributed by atoms with Crippen molar-refractivity contribution in [1.29, 1.82) is 0 Å². The molecule has 1 rings (SSSR count). The summed E-state index contributed by atoms with van der Waals surface area (Å²) >= 11 is 0. The molecule has 0 aromatic heterocycles. The van der Waals surface area contributed by atoms with E-state index in [1.54, 1.807) is 7.11 Å². The van der Waals surface area contributed by atoms with E-state index in [0.29, 0.717) is 12.0 Å². The first-order valence-electron chi connectivity index (χ1n) is 7.19. The van der Waals surface area contributed by atoms with E-state index in [2.05, 4.69) is 12.2 Å². The van der Waals surface area contributed by atoms with Gasteiger partial charge < -0.3 is 14.8 Å². The fourth-order valence-electron chi connectivity index (χ4n) is 2.51. The first-order chi connectivity index (χ1) is 8.38. The minimum Gasteiger partial charge on any atom is -0.383 e. The van der Waals surface area contributed by atoms with Gasteiger partial charge in [0, 0.05) is 26.8 Å². The first kappa shape index (κ1) is 14.9. The molecule has 3 heteroatoms. The SMILES string of the molecule is CCCCCC1OCCCC1CNCCOC. The topological polar surface area (TPSA) is 30.5 Å². The molecule has 1 fully saturated rings. The Kier molecular flexibility index (Phi) is 8.67. The number of unbranched alkanes of at least 4 members (excludes halogenated alkanes) is 2. The lowest BCUT2D eigenvalue weighted by atomic mass is 9.90. The molecule has 0 bridgehead atoms. The van der Waals surface area contributed by atoms with Crippen LogP contribution >= 0.6 is 0 Å². The normalized spacial score (nSPS) is 25.1. The van der Waals surface area contributed by atoms with Crippen LogP contribution in [0.3, 0.4) is 0 Å². The molecule has 0 aromatic rings. The van der Waals surface area contributed by atoms with Gasteiger partial charge in [-0.05, 0) is 25.2 Å². The van der Waals surface area contributed by atoms with Crippen LogP contribution in [0.5, 0.6) is 0 Å². The molecule has 1 N–H and O–H groups in total. The predicted octanol–water partition coefficient (Wildman–Crippen LogP) is 2.60.